The number of nitrogens with zero attached hydrogens (tertiary/aromatic N) is 2. The lowest BCUT2D eigenvalue weighted by molar-refractivity contribution is 0.101. The summed E-state index contributed by atoms with van der Waals surface area (Å²) in [4.78, 5) is 20.8. The second kappa shape index (κ2) is 8.83. The van der Waals surface area contributed by atoms with E-state index in [-0.39, 0.29) is 10.7 Å². The molecule has 4 rings (SSSR count). The SMILES string of the molecule is CC(=O)c1ccc(-c2cnc3nc2NCCCCNS(=O)(=O)c2cccc(c2)N3)cc1. The number of hydrogen-bond donors (Lipinski definition) is 3. The maximum Gasteiger partial charge on any atom is 0.240 e. The third-order valence-electron chi connectivity index (χ3n) is 4.98. The van der Waals surface area contributed by atoms with Crippen LogP contribution in [-0.4, -0.2) is 37.3 Å². The first-order chi connectivity index (χ1) is 14.9. The summed E-state index contributed by atoms with van der Waals surface area (Å²) in [5.41, 5.74) is 2.94. The van der Waals surface area contributed by atoms with E-state index in [0.717, 1.165) is 17.5 Å². The van der Waals surface area contributed by atoms with Gasteiger partial charge in [-0.1, -0.05) is 30.3 Å². The highest BCUT2D eigenvalue weighted by atomic mass is 32.2. The molecule has 2 heterocycles. The van der Waals surface area contributed by atoms with Crippen LogP contribution in [0.3, 0.4) is 0 Å². The summed E-state index contributed by atoms with van der Waals surface area (Å²) >= 11 is 0. The smallest absolute Gasteiger partial charge is 0.240 e. The van der Waals surface area contributed by atoms with Crippen molar-refractivity contribution in [2.24, 2.45) is 0 Å². The van der Waals surface area contributed by atoms with Gasteiger partial charge in [-0.25, -0.2) is 18.1 Å². The fourth-order valence-corrected chi connectivity index (χ4v) is 4.41. The lowest BCUT2D eigenvalue weighted by Gasteiger charge is -2.15. The standard InChI is InChI=1S/C22H23N5O3S/c1-15(28)16-7-9-17(10-8-16)20-14-24-22-26-18-5-4-6-19(13-18)31(29,30)25-12-3-2-11-23-21(20)27-22/h4-10,13-14,25H,2-3,11-12H2,1H3,(H2,23,24,26,27). The first-order valence-corrected chi connectivity index (χ1v) is 11.5. The van der Waals surface area contributed by atoms with Gasteiger partial charge in [0.2, 0.25) is 16.0 Å². The van der Waals surface area contributed by atoms with E-state index < -0.39 is 10.0 Å². The molecule has 3 aromatic rings. The van der Waals surface area contributed by atoms with E-state index in [1.54, 1.807) is 42.6 Å². The van der Waals surface area contributed by atoms with Crippen molar-refractivity contribution in [2.45, 2.75) is 24.7 Å². The van der Waals surface area contributed by atoms with Gasteiger partial charge in [0, 0.05) is 36.1 Å². The number of rotatable bonds is 2. The lowest BCUT2D eigenvalue weighted by Crippen LogP contribution is -2.25. The molecule has 4 bridgehead atoms. The molecule has 0 fully saturated rings. The summed E-state index contributed by atoms with van der Waals surface area (Å²) < 4.78 is 27.6. The predicted octanol–water partition coefficient (Wildman–Crippen LogP) is 3.57. The van der Waals surface area contributed by atoms with Crippen molar-refractivity contribution >= 4 is 33.3 Å². The molecule has 0 unspecified atom stereocenters. The summed E-state index contributed by atoms with van der Waals surface area (Å²) in [6.45, 7) is 2.52. The average Bonchev–Trinajstić information content (AvgIpc) is 2.76. The van der Waals surface area contributed by atoms with Gasteiger partial charge in [-0.05, 0) is 43.5 Å². The molecule has 31 heavy (non-hydrogen) atoms. The average molecular weight is 438 g/mol. The van der Waals surface area contributed by atoms with Crippen molar-refractivity contribution in [1.82, 2.24) is 14.7 Å². The zero-order valence-corrected chi connectivity index (χ0v) is 17.9. The molecule has 1 aliphatic heterocycles. The largest absolute Gasteiger partial charge is 0.369 e. The summed E-state index contributed by atoms with van der Waals surface area (Å²) in [5, 5.41) is 6.41. The van der Waals surface area contributed by atoms with Crippen LogP contribution >= 0.6 is 0 Å². The maximum atomic E-state index is 12.5. The normalized spacial score (nSPS) is 15.8. The van der Waals surface area contributed by atoms with Crippen LogP contribution < -0.4 is 15.4 Å². The molecule has 8 nitrogen and oxygen atoms in total. The van der Waals surface area contributed by atoms with E-state index in [9.17, 15) is 13.2 Å². The molecular formula is C22H23N5O3S. The highest BCUT2D eigenvalue weighted by Crippen LogP contribution is 2.28. The van der Waals surface area contributed by atoms with Crippen LogP contribution in [0.25, 0.3) is 11.1 Å². The Kier molecular flexibility index (Phi) is 5.97. The molecule has 0 saturated heterocycles. The Hall–Kier alpha value is -3.30. The summed E-state index contributed by atoms with van der Waals surface area (Å²) in [6, 6.07) is 13.9. The third kappa shape index (κ3) is 4.89. The number of benzene rings is 2. The molecule has 3 N–H and O–H groups in total. The number of ketones is 1. The number of fused-ring (bicyclic) bond motifs is 4. The Balaban J connectivity index is 1.71. The highest BCUT2D eigenvalue weighted by Gasteiger charge is 2.16. The number of nitrogens with one attached hydrogen (secondary N) is 3. The fraction of sp³-hybridized carbons (Fsp3) is 0.227. The molecule has 1 aromatic heterocycles. The van der Waals surface area contributed by atoms with E-state index in [0.29, 0.717) is 42.5 Å². The number of anilines is 3. The van der Waals surface area contributed by atoms with Crippen LogP contribution in [0.5, 0.6) is 0 Å². The van der Waals surface area contributed by atoms with E-state index in [2.05, 4.69) is 25.3 Å². The minimum atomic E-state index is -3.57. The monoisotopic (exact) mass is 437 g/mol. The zero-order valence-electron chi connectivity index (χ0n) is 17.1. The molecule has 9 heteroatoms. The molecule has 1 aliphatic rings. The van der Waals surface area contributed by atoms with E-state index >= 15 is 0 Å². The van der Waals surface area contributed by atoms with Crippen molar-refractivity contribution in [3.63, 3.8) is 0 Å². The maximum absolute atomic E-state index is 12.5. The van der Waals surface area contributed by atoms with Gasteiger partial charge < -0.3 is 10.6 Å². The number of sulfonamides is 1. The Morgan fingerprint density at radius 3 is 2.58 bits per heavy atom. The Labute approximate surface area is 181 Å². The zero-order chi connectivity index (χ0) is 21.8. The van der Waals surface area contributed by atoms with Gasteiger partial charge in [-0.3, -0.25) is 4.79 Å². The van der Waals surface area contributed by atoms with Gasteiger partial charge in [0.1, 0.15) is 5.82 Å². The molecule has 0 saturated carbocycles. The highest BCUT2D eigenvalue weighted by molar-refractivity contribution is 7.89. The van der Waals surface area contributed by atoms with E-state index in [1.165, 1.54) is 6.92 Å². The molecule has 2 aromatic carbocycles. The molecule has 0 atom stereocenters. The molecule has 0 spiro atoms. The summed E-state index contributed by atoms with van der Waals surface area (Å²) in [5.74, 6) is 1.04. The quantitative estimate of drug-likeness (QED) is 0.525. The number of carbonyl (C=O) groups excluding carboxylic acids is 1. The van der Waals surface area contributed by atoms with Crippen LogP contribution in [0.2, 0.25) is 0 Å². The number of Topliss-reactive ketones (excluding diaryl/α,β-unsaturated/α-hetero) is 1. The van der Waals surface area contributed by atoms with Crippen LogP contribution in [0.4, 0.5) is 17.5 Å². The number of hydrogen-bond acceptors (Lipinski definition) is 7. The van der Waals surface area contributed by atoms with Gasteiger partial charge in [-0.2, -0.15) is 4.98 Å². The van der Waals surface area contributed by atoms with Gasteiger partial charge in [0.05, 0.1) is 4.90 Å². The van der Waals surface area contributed by atoms with Gasteiger partial charge in [-0.15, -0.1) is 0 Å². The lowest BCUT2D eigenvalue weighted by atomic mass is 10.0. The van der Waals surface area contributed by atoms with Crippen molar-refractivity contribution in [3.05, 3.63) is 60.3 Å². The Morgan fingerprint density at radius 1 is 1.03 bits per heavy atom. The van der Waals surface area contributed by atoms with Crippen LogP contribution in [-0.2, 0) is 10.0 Å². The fourth-order valence-electron chi connectivity index (χ4n) is 3.29. The first kappa shape index (κ1) is 21.0. The van der Waals surface area contributed by atoms with Crippen LogP contribution in [0.15, 0.2) is 59.6 Å². The second-order valence-electron chi connectivity index (χ2n) is 7.27. The van der Waals surface area contributed by atoms with E-state index in [4.69, 9.17) is 0 Å². The van der Waals surface area contributed by atoms with Gasteiger partial charge >= 0.3 is 0 Å². The Morgan fingerprint density at radius 2 is 1.81 bits per heavy atom. The third-order valence-corrected chi connectivity index (χ3v) is 6.44. The number of aromatic nitrogens is 2. The van der Waals surface area contributed by atoms with Crippen molar-refractivity contribution in [1.29, 1.82) is 0 Å². The van der Waals surface area contributed by atoms with Crippen molar-refractivity contribution < 1.29 is 13.2 Å². The molecule has 0 radical (unpaired) electrons. The Bertz CT molecular complexity index is 1210. The summed E-state index contributed by atoms with van der Waals surface area (Å²) in [6.07, 6.45) is 3.16. The minimum absolute atomic E-state index is 0.0139. The van der Waals surface area contributed by atoms with Crippen molar-refractivity contribution in [2.75, 3.05) is 23.7 Å². The van der Waals surface area contributed by atoms with Crippen LogP contribution in [0.1, 0.15) is 30.1 Å². The molecular weight excluding hydrogens is 414 g/mol. The van der Waals surface area contributed by atoms with Crippen molar-refractivity contribution in [3.8, 4) is 11.1 Å². The number of carbonyl (C=O) groups is 1. The summed E-state index contributed by atoms with van der Waals surface area (Å²) in [7, 11) is -3.57. The predicted molar refractivity (Wildman–Crippen MR) is 120 cm³/mol. The first-order valence-electron chi connectivity index (χ1n) is 10.0. The topological polar surface area (TPSA) is 113 Å². The van der Waals surface area contributed by atoms with Gasteiger partial charge in [0.15, 0.2) is 5.78 Å². The molecule has 160 valence electrons. The minimum Gasteiger partial charge on any atom is -0.369 e. The molecule has 0 amide bonds. The van der Waals surface area contributed by atoms with Gasteiger partial charge in [0.25, 0.3) is 0 Å². The second-order valence-corrected chi connectivity index (χ2v) is 9.04. The van der Waals surface area contributed by atoms with E-state index in [1.807, 2.05) is 12.1 Å². The molecule has 0 aliphatic carbocycles. The van der Waals surface area contributed by atoms with Crippen LogP contribution in [0, 0.1) is 0 Å².